The summed E-state index contributed by atoms with van der Waals surface area (Å²) >= 11 is 1.46. The van der Waals surface area contributed by atoms with Gasteiger partial charge in [-0.2, -0.15) is 0 Å². The van der Waals surface area contributed by atoms with E-state index in [2.05, 4.69) is 4.98 Å². The number of sulfone groups is 1. The van der Waals surface area contributed by atoms with Gasteiger partial charge >= 0.3 is 12.2 Å². The number of thiophene rings is 1. The van der Waals surface area contributed by atoms with Gasteiger partial charge in [-0.1, -0.05) is 12.1 Å². The zero-order chi connectivity index (χ0) is 29.0. The van der Waals surface area contributed by atoms with E-state index in [0.717, 1.165) is 10.2 Å². The lowest BCUT2D eigenvalue weighted by molar-refractivity contribution is -0.153. The molecule has 0 saturated carbocycles. The Kier molecular flexibility index (Phi) is 9.12. The van der Waals surface area contributed by atoms with Crippen molar-refractivity contribution in [1.29, 1.82) is 0 Å². The minimum absolute atomic E-state index is 0.338. The lowest BCUT2D eigenvalue weighted by atomic mass is 10.1. The van der Waals surface area contributed by atoms with Gasteiger partial charge in [0.1, 0.15) is 23.0 Å². The van der Waals surface area contributed by atoms with Gasteiger partial charge in [-0.25, -0.2) is 18.0 Å². The minimum atomic E-state index is -3.89. The summed E-state index contributed by atoms with van der Waals surface area (Å²) < 4.78 is 43.8. The van der Waals surface area contributed by atoms with Crippen LogP contribution in [-0.4, -0.2) is 54.8 Å². The van der Waals surface area contributed by atoms with Crippen molar-refractivity contribution >= 4 is 43.6 Å². The molecule has 1 amide bonds. The summed E-state index contributed by atoms with van der Waals surface area (Å²) in [5.41, 5.74) is -0.237. The van der Waals surface area contributed by atoms with Crippen LogP contribution in [0.15, 0.2) is 48.0 Å². The molecule has 0 aliphatic rings. The highest BCUT2D eigenvalue weighted by Crippen LogP contribution is 2.29. The number of carbonyl (C=O) groups excluding carboxylic acids is 2. The summed E-state index contributed by atoms with van der Waals surface area (Å²) in [6, 6.07) is 8.78. The maximum atomic E-state index is 13.5. The molecule has 39 heavy (non-hydrogen) atoms. The van der Waals surface area contributed by atoms with Gasteiger partial charge in [0.25, 0.3) is 0 Å². The van der Waals surface area contributed by atoms with Gasteiger partial charge in [0.15, 0.2) is 9.84 Å². The van der Waals surface area contributed by atoms with Crippen LogP contribution in [0.2, 0.25) is 0 Å². The molecule has 10 nitrogen and oxygen atoms in total. The molecule has 0 unspecified atom stereocenters. The van der Waals surface area contributed by atoms with Crippen LogP contribution >= 0.6 is 11.3 Å². The summed E-state index contributed by atoms with van der Waals surface area (Å²) in [5, 5.41) is 2.50. The van der Waals surface area contributed by atoms with Gasteiger partial charge in [-0.3, -0.25) is 9.82 Å². The standard InChI is InChI=1S/C27H34N2O8S2/c1-26(2,3)35-24(30)29(37-25(31)36-27(4,5)6)22(19-8-10-20(34-7)11-9-19)17-39(32,33)16-18-14-23-21(28-15-18)12-13-38-23/h8-15,22H,16-17H2,1-7H3/t22-/m1/s1. The quantitative estimate of drug-likeness (QED) is 0.243. The highest BCUT2D eigenvalue weighted by Gasteiger charge is 2.37. The largest absolute Gasteiger partial charge is 0.534 e. The Balaban J connectivity index is 2.01. The van der Waals surface area contributed by atoms with Crippen LogP contribution in [-0.2, 0) is 29.9 Å². The molecule has 3 aromatic rings. The monoisotopic (exact) mass is 578 g/mol. The van der Waals surface area contributed by atoms with Crippen molar-refractivity contribution in [2.45, 2.75) is 64.5 Å². The van der Waals surface area contributed by atoms with Crippen molar-refractivity contribution < 1.29 is 37.1 Å². The number of fused-ring (bicyclic) bond motifs is 1. The predicted molar refractivity (Wildman–Crippen MR) is 148 cm³/mol. The fourth-order valence-electron chi connectivity index (χ4n) is 3.53. The third-order valence-corrected chi connectivity index (χ3v) is 7.53. The van der Waals surface area contributed by atoms with E-state index in [1.54, 1.807) is 71.9 Å². The first-order chi connectivity index (χ1) is 18.0. The molecule has 0 saturated heterocycles. The number of pyridine rings is 1. The molecule has 3 rings (SSSR count). The second-order valence-corrected chi connectivity index (χ2v) is 13.9. The number of hydroxylamine groups is 2. The molecule has 0 bridgehead atoms. The molecule has 1 atom stereocenters. The van der Waals surface area contributed by atoms with Crippen LogP contribution in [0.25, 0.3) is 10.2 Å². The van der Waals surface area contributed by atoms with Gasteiger partial charge in [-0.15, -0.1) is 16.4 Å². The fourth-order valence-corrected chi connectivity index (χ4v) is 5.93. The van der Waals surface area contributed by atoms with Crippen LogP contribution in [0, 0.1) is 0 Å². The maximum absolute atomic E-state index is 13.5. The molecule has 0 aliphatic heterocycles. The summed E-state index contributed by atoms with van der Waals surface area (Å²) in [6.45, 7) is 9.83. The van der Waals surface area contributed by atoms with E-state index >= 15 is 0 Å². The van der Waals surface area contributed by atoms with Crippen LogP contribution in [0.4, 0.5) is 9.59 Å². The van der Waals surface area contributed by atoms with Crippen molar-refractivity contribution in [2.24, 2.45) is 0 Å². The van der Waals surface area contributed by atoms with E-state index in [4.69, 9.17) is 19.0 Å². The van der Waals surface area contributed by atoms with Crippen LogP contribution in [0.5, 0.6) is 5.75 Å². The molecule has 0 radical (unpaired) electrons. The Morgan fingerprint density at radius 3 is 2.23 bits per heavy atom. The molecular weight excluding hydrogens is 544 g/mol. The zero-order valence-corrected chi connectivity index (χ0v) is 24.7. The smallest absolute Gasteiger partial charge is 0.497 e. The van der Waals surface area contributed by atoms with E-state index in [1.807, 2.05) is 11.4 Å². The number of hydrogen-bond acceptors (Lipinski definition) is 10. The van der Waals surface area contributed by atoms with Gasteiger partial charge in [0.2, 0.25) is 0 Å². The Bertz CT molecular complexity index is 1400. The highest BCUT2D eigenvalue weighted by molar-refractivity contribution is 7.90. The fraction of sp³-hybridized carbons (Fsp3) is 0.444. The number of benzene rings is 1. The second kappa shape index (κ2) is 11.8. The predicted octanol–water partition coefficient (Wildman–Crippen LogP) is 6.06. The highest BCUT2D eigenvalue weighted by atomic mass is 32.2. The van der Waals surface area contributed by atoms with E-state index in [0.29, 0.717) is 21.9 Å². The molecule has 1 aromatic carbocycles. The van der Waals surface area contributed by atoms with Crippen molar-refractivity contribution in [2.75, 3.05) is 12.9 Å². The summed E-state index contributed by atoms with van der Waals surface area (Å²) in [5.74, 6) is -0.397. The average Bonchev–Trinajstić information content (AvgIpc) is 3.26. The van der Waals surface area contributed by atoms with E-state index in [1.165, 1.54) is 24.6 Å². The van der Waals surface area contributed by atoms with E-state index < -0.39 is 45.1 Å². The summed E-state index contributed by atoms with van der Waals surface area (Å²) in [4.78, 5) is 35.6. The first-order valence-corrected chi connectivity index (χ1v) is 14.8. The molecule has 212 valence electrons. The summed E-state index contributed by atoms with van der Waals surface area (Å²) in [7, 11) is -2.40. The lowest BCUT2D eigenvalue weighted by Gasteiger charge is -2.32. The first kappa shape index (κ1) is 30.2. The third kappa shape index (κ3) is 9.10. The molecule has 0 fully saturated rings. The Morgan fingerprint density at radius 2 is 1.64 bits per heavy atom. The van der Waals surface area contributed by atoms with Crippen molar-refractivity contribution in [3.63, 3.8) is 0 Å². The lowest BCUT2D eigenvalue weighted by Crippen LogP contribution is -2.44. The number of amides is 1. The summed E-state index contributed by atoms with van der Waals surface area (Å²) in [6.07, 6.45) is -0.722. The van der Waals surface area contributed by atoms with Gasteiger partial charge in [0, 0.05) is 6.20 Å². The van der Waals surface area contributed by atoms with Gasteiger partial charge in [-0.05, 0) is 82.3 Å². The Labute approximate surface area is 232 Å². The Morgan fingerprint density at radius 1 is 1.00 bits per heavy atom. The number of carbonyl (C=O) groups is 2. The van der Waals surface area contributed by atoms with Crippen molar-refractivity contribution in [3.8, 4) is 5.75 Å². The van der Waals surface area contributed by atoms with Gasteiger partial charge in [0.05, 0.1) is 28.8 Å². The van der Waals surface area contributed by atoms with Crippen molar-refractivity contribution in [3.05, 3.63) is 59.1 Å². The molecule has 0 N–H and O–H groups in total. The molecule has 0 spiro atoms. The number of rotatable bonds is 7. The minimum Gasteiger partial charge on any atom is -0.497 e. The molecule has 2 heterocycles. The van der Waals surface area contributed by atoms with E-state index in [9.17, 15) is 18.0 Å². The van der Waals surface area contributed by atoms with Crippen LogP contribution < -0.4 is 4.74 Å². The second-order valence-electron chi connectivity index (χ2n) is 10.9. The molecule has 2 aromatic heterocycles. The SMILES string of the molecule is COc1ccc([C@@H](CS(=O)(=O)Cc2cnc3ccsc3c2)N(OC(=O)OC(C)(C)C)C(=O)OC(C)(C)C)cc1. The normalized spacial score (nSPS) is 13.0. The van der Waals surface area contributed by atoms with Crippen molar-refractivity contribution in [1.82, 2.24) is 10.0 Å². The maximum Gasteiger partial charge on any atom is 0.534 e. The average molecular weight is 579 g/mol. The topological polar surface area (TPSA) is 121 Å². The first-order valence-electron chi connectivity index (χ1n) is 12.1. The molecular formula is C27H34N2O8S2. The zero-order valence-electron chi connectivity index (χ0n) is 23.1. The van der Waals surface area contributed by atoms with Crippen LogP contribution in [0.1, 0.15) is 58.7 Å². The number of methoxy groups -OCH3 is 1. The van der Waals surface area contributed by atoms with E-state index in [-0.39, 0.29) is 5.75 Å². The Hall–Kier alpha value is -3.38. The van der Waals surface area contributed by atoms with Crippen LogP contribution in [0.3, 0.4) is 0 Å². The molecule has 12 heteroatoms. The number of ether oxygens (including phenoxy) is 3. The third-order valence-electron chi connectivity index (χ3n) is 5.08. The number of aromatic nitrogens is 1. The molecule has 0 aliphatic carbocycles. The number of nitrogens with zero attached hydrogens (tertiary/aromatic N) is 2. The number of hydrogen-bond donors (Lipinski definition) is 0. The van der Waals surface area contributed by atoms with Gasteiger partial charge < -0.3 is 14.2 Å².